The maximum absolute atomic E-state index is 13.3. The highest BCUT2D eigenvalue weighted by Gasteiger charge is 2.20. The molecule has 0 saturated heterocycles. The van der Waals surface area contributed by atoms with Gasteiger partial charge in [-0.05, 0) is 59.7 Å². The third kappa shape index (κ3) is 5.16. The molecule has 1 saturated carbocycles. The molecule has 6 heteroatoms. The molecule has 0 unspecified atom stereocenters. The molecule has 6 nitrogen and oxygen atoms in total. The number of ether oxygens (including phenoxy) is 1. The van der Waals surface area contributed by atoms with Crippen LogP contribution in [0.5, 0.6) is 5.75 Å². The molecule has 1 aliphatic carbocycles. The number of nitrogens with zero attached hydrogens (tertiary/aromatic N) is 3. The second kappa shape index (κ2) is 10.9. The molecular formula is C32H30N4O2. The number of carbonyl (C=O) groups is 1. The minimum atomic E-state index is -0.215. The first kappa shape index (κ1) is 23.9. The number of aromatic nitrogens is 3. The van der Waals surface area contributed by atoms with E-state index < -0.39 is 0 Å². The van der Waals surface area contributed by atoms with Crippen molar-refractivity contribution < 1.29 is 9.53 Å². The first-order valence-corrected chi connectivity index (χ1v) is 13.3. The maximum atomic E-state index is 13.3. The normalized spacial score (nSPS) is 13.9. The van der Waals surface area contributed by atoms with E-state index in [0.717, 1.165) is 28.1 Å². The third-order valence-electron chi connectivity index (χ3n) is 7.27. The number of para-hydroxylation sites is 1. The van der Waals surface area contributed by atoms with Gasteiger partial charge in [0, 0.05) is 17.4 Å². The van der Waals surface area contributed by atoms with E-state index in [9.17, 15) is 4.79 Å². The highest BCUT2D eigenvalue weighted by Crippen LogP contribution is 2.36. The monoisotopic (exact) mass is 502 g/mol. The lowest BCUT2D eigenvalue weighted by molar-refractivity contribution is 0.102. The topological polar surface area (TPSA) is 68.5 Å². The van der Waals surface area contributed by atoms with Gasteiger partial charge in [-0.1, -0.05) is 79.9 Å². The van der Waals surface area contributed by atoms with Gasteiger partial charge in [-0.2, -0.15) is 5.10 Å². The van der Waals surface area contributed by atoms with Gasteiger partial charge in [-0.3, -0.25) is 4.79 Å². The molecule has 0 atom stereocenters. The lowest BCUT2D eigenvalue weighted by Gasteiger charge is -2.24. The summed E-state index contributed by atoms with van der Waals surface area (Å²) in [7, 11) is 0. The number of benzene rings is 3. The zero-order chi connectivity index (χ0) is 25.7. The van der Waals surface area contributed by atoms with Crippen molar-refractivity contribution >= 4 is 17.2 Å². The van der Waals surface area contributed by atoms with Crippen LogP contribution in [-0.2, 0) is 6.61 Å². The Labute approximate surface area is 222 Å². The summed E-state index contributed by atoms with van der Waals surface area (Å²) in [4.78, 5) is 18.0. The largest absolute Gasteiger partial charge is 0.489 e. The average molecular weight is 503 g/mol. The predicted octanol–water partition coefficient (Wildman–Crippen LogP) is 7.28. The van der Waals surface area contributed by atoms with E-state index in [0.29, 0.717) is 23.9 Å². The standard InChI is InChI=1S/C32H30N4O2/c37-32(35-29-14-8-7-13-27(29)24-11-5-2-6-12-24)30-19-20-36-31(34-30)28(21-33-36)25-15-17-26(18-16-25)38-22-23-9-3-1-4-10-23/h1,3-4,7-10,13-21,24H,2,5-6,11-12,22H2,(H,35,37). The fraction of sp³-hybridized carbons (Fsp3) is 0.219. The number of carbonyl (C=O) groups excluding carboxylic acids is 1. The van der Waals surface area contributed by atoms with Gasteiger partial charge in [-0.15, -0.1) is 0 Å². The number of rotatable bonds is 7. The average Bonchev–Trinajstić information content (AvgIpc) is 3.41. The maximum Gasteiger partial charge on any atom is 0.274 e. The summed E-state index contributed by atoms with van der Waals surface area (Å²) in [6.07, 6.45) is 9.70. The predicted molar refractivity (Wildman–Crippen MR) is 149 cm³/mol. The van der Waals surface area contributed by atoms with Crippen molar-refractivity contribution in [1.29, 1.82) is 0 Å². The Bertz CT molecular complexity index is 1540. The van der Waals surface area contributed by atoms with E-state index >= 15 is 0 Å². The van der Waals surface area contributed by atoms with Crippen LogP contribution in [0.15, 0.2) is 97.3 Å². The number of hydrogen-bond donors (Lipinski definition) is 1. The summed E-state index contributed by atoms with van der Waals surface area (Å²) in [6, 6.07) is 27.8. The summed E-state index contributed by atoms with van der Waals surface area (Å²) in [5, 5.41) is 7.57. The lowest BCUT2D eigenvalue weighted by atomic mass is 9.83. The van der Waals surface area contributed by atoms with Crippen LogP contribution in [0.4, 0.5) is 5.69 Å². The molecule has 6 rings (SSSR count). The Morgan fingerprint density at radius 1 is 0.895 bits per heavy atom. The van der Waals surface area contributed by atoms with E-state index in [1.165, 1.54) is 37.7 Å². The minimum absolute atomic E-state index is 0.215. The van der Waals surface area contributed by atoms with Gasteiger partial charge in [0.2, 0.25) is 0 Å². The Kier molecular flexibility index (Phi) is 6.85. The van der Waals surface area contributed by atoms with E-state index in [1.807, 2.05) is 66.7 Å². The molecule has 0 spiro atoms. The second-order valence-electron chi connectivity index (χ2n) is 9.81. The molecule has 2 aromatic heterocycles. The number of anilines is 1. The molecule has 38 heavy (non-hydrogen) atoms. The molecule has 1 fully saturated rings. The molecule has 5 aromatic rings. The quantitative estimate of drug-likeness (QED) is 0.254. The Morgan fingerprint density at radius 3 is 2.47 bits per heavy atom. The number of hydrogen-bond acceptors (Lipinski definition) is 4. The fourth-order valence-corrected chi connectivity index (χ4v) is 5.24. The highest BCUT2D eigenvalue weighted by atomic mass is 16.5. The molecule has 2 heterocycles. The molecule has 1 N–H and O–H groups in total. The van der Waals surface area contributed by atoms with Crippen molar-refractivity contribution in [2.24, 2.45) is 0 Å². The van der Waals surface area contributed by atoms with Crippen molar-refractivity contribution in [3.63, 3.8) is 0 Å². The molecule has 1 amide bonds. The van der Waals surface area contributed by atoms with Crippen LogP contribution in [-0.4, -0.2) is 20.5 Å². The molecule has 0 radical (unpaired) electrons. The van der Waals surface area contributed by atoms with E-state index in [-0.39, 0.29) is 5.91 Å². The van der Waals surface area contributed by atoms with Crippen molar-refractivity contribution in [2.45, 2.75) is 44.6 Å². The van der Waals surface area contributed by atoms with Crippen LogP contribution in [0.1, 0.15) is 59.6 Å². The van der Waals surface area contributed by atoms with Crippen molar-refractivity contribution in [3.8, 4) is 16.9 Å². The summed E-state index contributed by atoms with van der Waals surface area (Å²) in [6.45, 7) is 0.515. The van der Waals surface area contributed by atoms with Crippen LogP contribution >= 0.6 is 0 Å². The molecule has 190 valence electrons. The fourth-order valence-electron chi connectivity index (χ4n) is 5.24. The van der Waals surface area contributed by atoms with Gasteiger partial charge in [0.15, 0.2) is 5.65 Å². The first-order chi connectivity index (χ1) is 18.7. The second-order valence-corrected chi connectivity index (χ2v) is 9.81. The van der Waals surface area contributed by atoms with Crippen LogP contribution in [0, 0.1) is 0 Å². The lowest BCUT2D eigenvalue weighted by Crippen LogP contribution is -2.17. The molecule has 3 aromatic carbocycles. The minimum Gasteiger partial charge on any atom is -0.489 e. The number of amides is 1. The van der Waals surface area contributed by atoms with Gasteiger partial charge < -0.3 is 10.1 Å². The van der Waals surface area contributed by atoms with E-state index in [1.54, 1.807) is 23.0 Å². The molecule has 1 aliphatic rings. The summed E-state index contributed by atoms with van der Waals surface area (Å²) in [5.74, 6) is 1.07. The molecule has 0 aliphatic heterocycles. The highest BCUT2D eigenvalue weighted by molar-refractivity contribution is 6.03. The summed E-state index contributed by atoms with van der Waals surface area (Å²) < 4.78 is 7.62. The van der Waals surface area contributed by atoms with Gasteiger partial charge in [-0.25, -0.2) is 9.50 Å². The van der Waals surface area contributed by atoms with Gasteiger partial charge in [0.1, 0.15) is 18.1 Å². The zero-order valence-electron chi connectivity index (χ0n) is 21.2. The van der Waals surface area contributed by atoms with Crippen molar-refractivity contribution in [1.82, 2.24) is 14.6 Å². The van der Waals surface area contributed by atoms with Crippen LogP contribution < -0.4 is 10.1 Å². The van der Waals surface area contributed by atoms with E-state index in [4.69, 9.17) is 9.72 Å². The summed E-state index contributed by atoms with van der Waals surface area (Å²) in [5.41, 5.74) is 6.04. The SMILES string of the molecule is O=C(Nc1ccccc1C1CCCCC1)c1ccn2ncc(-c3ccc(OCc4ccccc4)cc3)c2n1. The smallest absolute Gasteiger partial charge is 0.274 e. The van der Waals surface area contributed by atoms with Crippen LogP contribution in [0.2, 0.25) is 0 Å². The third-order valence-corrected chi connectivity index (χ3v) is 7.27. The van der Waals surface area contributed by atoms with Crippen LogP contribution in [0.3, 0.4) is 0 Å². The molecular weight excluding hydrogens is 472 g/mol. The summed E-state index contributed by atoms with van der Waals surface area (Å²) >= 11 is 0. The molecule has 0 bridgehead atoms. The number of fused-ring (bicyclic) bond motifs is 1. The zero-order valence-corrected chi connectivity index (χ0v) is 21.2. The van der Waals surface area contributed by atoms with Gasteiger partial charge >= 0.3 is 0 Å². The first-order valence-electron chi connectivity index (χ1n) is 13.3. The van der Waals surface area contributed by atoms with Gasteiger partial charge in [0.25, 0.3) is 5.91 Å². The van der Waals surface area contributed by atoms with Crippen LogP contribution in [0.25, 0.3) is 16.8 Å². The Morgan fingerprint density at radius 2 is 1.66 bits per heavy atom. The number of nitrogens with one attached hydrogen (secondary N) is 1. The Hall–Kier alpha value is -4.45. The van der Waals surface area contributed by atoms with E-state index in [2.05, 4.69) is 22.5 Å². The van der Waals surface area contributed by atoms with Crippen molar-refractivity contribution in [2.75, 3.05) is 5.32 Å². The van der Waals surface area contributed by atoms with Crippen molar-refractivity contribution in [3.05, 3.63) is 114 Å². The Balaban J connectivity index is 1.20. The van der Waals surface area contributed by atoms with Gasteiger partial charge in [0.05, 0.1) is 6.20 Å².